The number of hydrogen-bond acceptors (Lipinski definition) is 6. The molecule has 0 saturated heterocycles. The summed E-state index contributed by atoms with van der Waals surface area (Å²) >= 11 is 0. The molecule has 1 aromatic heterocycles. The molecule has 1 fully saturated rings. The van der Waals surface area contributed by atoms with Gasteiger partial charge in [-0.3, -0.25) is 9.79 Å². The number of carbonyl (C=O) groups is 1. The SMILES string of the molecule is COCc1cc2cc(c1)-c1cnn3c1NC(=NCC/C(=C\C(=O)C1CC1)CCCO2)CC3. The first-order valence-corrected chi connectivity index (χ1v) is 11.5. The highest BCUT2D eigenvalue weighted by molar-refractivity contribution is 5.99. The van der Waals surface area contributed by atoms with Gasteiger partial charge in [0.15, 0.2) is 5.78 Å². The minimum absolute atomic E-state index is 0.252. The summed E-state index contributed by atoms with van der Waals surface area (Å²) in [6.07, 6.45) is 9.22. The summed E-state index contributed by atoms with van der Waals surface area (Å²) in [5.74, 6) is 3.31. The quantitative estimate of drug-likeness (QED) is 0.723. The Morgan fingerprint density at radius 3 is 3.03 bits per heavy atom. The summed E-state index contributed by atoms with van der Waals surface area (Å²) in [4.78, 5) is 17.2. The minimum atomic E-state index is 0.252. The van der Waals surface area contributed by atoms with Crippen molar-refractivity contribution in [2.24, 2.45) is 10.9 Å². The number of ketones is 1. The van der Waals surface area contributed by atoms with E-state index in [0.717, 1.165) is 79.2 Å². The van der Waals surface area contributed by atoms with Crippen molar-refractivity contribution in [3.8, 4) is 16.9 Å². The lowest BCUT2D eigenvalue weighted by molar-refractivity contribution is -0.115. The highest BCUT2D eigenvalue weighted by Crippen LogP contribution is 2.34. The zero-order valence-electron chi connectivity index (χ0n) is 18.6. The molecule has 0 unspecified atom stereocenters. The number of aromatic nitrogens is 2. The zero-order valence-corrected chi connectivity index (χ0v) is 18.6. The normalized spacial score (nSPS) is 19.9. The average molecular weight is 435 g/mol. The Morgan fingerprint density at radius 2 is 2.19 bits per heavy atom. The van der Waals surface area contributed by atoms with Crippen LogP contribution in [-0.4, -0.2) is 41.7 Å². The molecule has 2 aromatic rings. The Labute approximate surface area is 188 Å². The van der Waals surface area contributed by atoms with Crippen molar-refractivity contribution in [3.63, 3.8) is 0 Å². The third kappa shape index (κ3) is 4.78. The van der Waals surface area contributed by atoms with Crippen molar-refractivity contribution in [1.82, 2.24) is 9.78 Å². The van der Waals surface area contributed by atoms with E-state index in [1.54, 1.807) is 7.11 Å². The predicted molar refractivity (Wildman–Crippen MR) is 124 cm³/mol. The fraction of sp³-hybridized carbons (Fsp3) is 0.480. The largest absolute Gasteiger partial charge is 0.494 e. The molecule has 3 aliphatic rings. The van der Waals surface area contributed by atoms with Crippen LogP contribution in [0.25, 0.3) is 11.1 Å². The molecule has 0 atom stereocenters. The number of nitrogens with zero attached hydrogens (tertiary/aromatic N) is 3. The van der Waals surface area contributed by atoms with E-state index in [-0.39, 0.29) is 11.7 Å². The molecule has 168 valence electrons. The Balaban J connectivity index is 1.47. The Kier molecular flexibility index (Phi) is 6.08. The van der Waals surface area contributed by atoms with Gasteiger partial charge in [0.2, 0.25) is 0 Å². The van der Waals surface area contributed by atoms with Crippen molar-refractivity contribution in [3.05, 3.63) is 41.6 Å². The Bertz CT molecular complexity index is 1070. The maximum Gasteiger partial charge on any atom is 0.158 e. The van der Waals surface area contributed by atoms with Gasteiger partial charge >= 0.3 is 0 Å². The van der Waals surface area contributed by atoms with Gasteiger partial charge < -0.3 is 14.8 Å². The van der Waals surface area contributed by atoms with Gasteiger partial charge in [0, 0.05) is 31.6 Å². The number of nitrogens with one attached hydrogen (secondary N) is 1. The Hall–Kier alpha value is -2.93. The van der Waals surface area contributed by atoms with Crippen LogP contribution >= 0.6 is 0 Å². The van der Waals surface area contributed by atoms with Crippen LogP contribution in [0, 0.1) is 5.92 Å². The monoisotopic (exact) mass is 434 g/mol. The highest BCUT2D eigenvalue weighted by atomic mass is 16.5. The number of benzene rings is 1. The van der Waals surface area contributed by atoms with Crippen LogP contribution in [0.2, 0.25) is 0 Å². The summed E-state index contributed by atoms with van der Waals surface area (Å²) in [6, 6.07) is 6.23. The fourth-order valence-electron chi connectivity index (χ4n) is 4.36. The van der Waals surface area contributed by atoms with Crippen LogP contribution < -0.4 is 10.1 Å². The van der Waals surface area contributed by atoms with Crippen LogP contribution in [0.5, 0.6) is 5.75 Å². The van der Waals surface area contributed by atoms with Gasteiger partial charge in [-0.1, -0.05) is 5.57 Å². The number of allylic oxidation sites excluding steroid dienone is 1. The van der Waals surface area contributed by atoms with Crippen LogP contribution in [0.15, 0.2) is 41.0 Å². The molecule has 0 radical (unpaired) electrons. The maximum absolute atomic E-state index is 12.4. The number of ether oxygens (including phenoxy) is 2. The van der Waals surface area contributed by atoms with Crippen LogP contribution in [0.3, 0.4) is 0 Å². The van der Waals surface area contributed by atoms with Gasteiger partial charge in [-0.15, -0.1) is 0 Å². The van der Waals surface area contributed by atoms with Gasteiger partial charge in [0.25, 0.3) is 0 Å². The Morgan fingerprint density at radius 1 is 1.28 bits per heavy atom. The number of methoxy groups -OCH3 is 1. The van der Waals surface area contributed by atoms with Crippen LogP contribution in [0.4, 0.5) is 5.82 Å². The van der Waals surface area contributed by atoms with E-state index in [1.807, 2.05) is 23.0 Å². The van der Waals surface area contributed by atoms with Crippen molar-refractivity contribution in [1.29, 1.82) is 0 Å². The number of aliphatic imine (C=N–C) groups is 1. The third-order valence-corrected chi connectivity index (χ3v) is 6.22. The summed E-state index contributed by atoms with van der Waals surface area (Å²) in [5, 5.41) is 8.08. The van der Waals surface area contributed by atoms with Gasteiger partial charge in [0.05, 0.1) is 26.0 Å². The standard InChI is InChI=1S/C25H30N4O3/c1-31-16-18-11-20-14-21(12-18)32-10-2-3-17(13-23(30)19-4-5-19)6-8-26-24-7-9-29-25(28-24)22(20)15-27-29/h11-15,19H,2-10,16H2,1H3,(H,26,28)/b17-13-. The van der Waals surface area contributed by atoms with E-state index in [9.17, 15) is 4.79 Å². The molecule has 1 saturated carbocycles. The first kappa shape index (κ1) is 20.9. The number of carbonyl (C=O) groups excluding carboxylic acids is 1. The second kappa shape index (κ2) is 9.28. The summed E-state index contributed by atoms with van der Waals surface area (Å²) in [6.45, 7) is 2.60. The van der Waals surface area contributed by atoms with Crippen molar-refractivity contribution in [2.45, 2.75) is 51.7 Å². The first-order chi connectivity index (χ1) is 15.7. The smallest absolute Gasteiger partial charge is 0.158 e. The second-order valence-electron chi connectivity index (χ2n) is 8.81. The van der Waals surface area contributed by atoms with E-state index in [0.29, 0.717) is 19.8 Å². The molecule has 1 aliphatic carbocycles. The molecular weight excluding hydrogens is 404 g/mol. The molecule has 3 heterocycles. The molecule has 32 heavy (non-hydrogen) atoms. The van der Waals surface area contributed by atoms with Crippen molar-refractivity contribution in [2.75, 3.05) is 25.6 Å². The number of hydrogen-bond donors (Lipinski definition) is 1. The zero-order chi connectivity index (χ0) is 21.9. The van der Waals surface area contributed by atoms with Gasteiger partial charge in [-0.25, -0.2) is 4.68 Å². The lowest BCUT2D eigenvalue weighted by atomic mass is 10.0. The minimum Gasteiger partial charge on any atom is -0.494 e. The second-order valence-corrected chi connectivity index (χ2v) is 8.81. The molecule has 1 N–H and O–H groups in total. The van der Waals surface area contributed by atoms with Crippen molar-refractivity contribution < 1.29 is 14.3 Å². The van der Waals surface area contributed by atoms with E-state index >= 15 is 0 Å². The topological polar surface area (TPSA) is 77.7 Å². The summed E-state index contributed by atoms with van der Waals surface area (Å²) in [7, 11) is 1.70. The fourth-order valence-corrected chi connectivity index (χ4v) is 4.36. The predicted octanol–water partition coefficient (Wildman–Crippen LogP) is 4.38. The molecule has 0 spiro atoms. The van der Waals surface area contributed by atoms with E-state index in [4.69, 9.17) is 14.5 Å². The van der Waals surface area contributed by atoms with Crippen LogP contribution in [-0.2, 0) is 22.7 Å². The van der Waals surface area contributed by atoms with E-state index in [2.05, 4.69) is 22.5 Å². The van der Waals surface area contributed by atoms with E-state index < -0.39 is 0 Å². The van der Waals surface area contributed by atoms with Gasteiger partial charge in [-0.05, 0) is 67.5 Å². The van der Waals surface area contributed by atoms with E-state index in [1.165, 1.54) is 5.57 Å². The number of anilines is 1. The molecular formula is C25H30N4O3. The summed E-state index contributed by atoms with van der Waals surface area (Å²) in [5.41, 5.74) is 4.32. The molecule has 2 aliphatic heterocycles. The molecule has 7 nitrogen and oxygen atoms in total. The number of rotatable bonds is 4. The maximum atomic E-state index is 12.4. The number of aryl methyl sites for hydroxylation is 1. The van der Waals surface area contributed by atoms with Crippen molar-refractivity contribution >= 4 is 17.4 Å². The molecule has 5 rings (SSSR count). The molecule has 4 bridgehead atoms. The first-order valence-electron chi connectivity index (χ1n) is 11.5. The molecule has 0 amide bonds. The molecule has 7 heteroatoms. The summed E-state index contributed by atoms with van der Waals surface area (Å²) < 4.78 is 13.5. The number of fused-ring (bicyclic) bond motifs is 4. The third-order valence-electron chi connectivity index (χ3n) is 6.22. The lowest BCUT2D eigenvalue weighted by Gasteiger charge is -2.20. The van der Waals surface area contributed by atoms with Crippen LogP contribution in [0.1, 0.15) is 44.1 Å². The van der Waals surface area contributed by atoms with Gasteiger partial charge in [0.1, 0.15) is 17.4 Å². The number of amidine groups is 1. The average Bonchev–Trinajstić information content (AvgIpc) is 3.56. The molecule has 1 aromatic carbocycles. The van der Waals surface area contributed by atoms with Gasteiger partial charge in [-0.2, -0.15) is 5.10 Å². The lowest BCUT2D eigenvalue weighted by Crippen LogP contribution is -2.24. The highest BCUT2D eigenvalue weighted by Gasteiger charge is 2.28.